The van der Waals surface area contributed by atoms with E-state index in [1.165, 1.54) is 83.1 Å². The topological polar surface area (TPSA) is 119 Å². The van der Waals surface area contributed by atoms with Crippen LogP contribution in [-0.4, -0.2) is 18.4 Å². The smallest absolute Gasteiger partial charge is 0.265 e. The molecule has 0 spiro atoms. The summed E-state index contributed by atoms with van der Waals surface area (Å²) in [6.45, 7) is 2.80. The van der Waals surface area contributed by atoms with Gasteiger partial charge in [-0.2, -0.15) is 0 Å². The average molecular weight is 435 g/mol. The molecule has 1 rings (SSSR count). The first-order valence-corrected chi connectivity index (χ1v) is 11.9. The van der Waals surface area contributed by atoms with Gasteiger partial charge in [-0.05, 0) is 24.6 Å². The maximum atomic E-state index is 11.8. The number of hydrogen-bond acceptors (Lipinski definition) is 5. The number of hydrogen-bond donors (Lipinski definition) is 4. The lowest BCUT2D eigenvalue weighted by atomic mass is 10.0. The van der Waals surface area contributed by atoms with Crippen molar-refractivity contribution in [3.05, 3.63) is 29.3 Å². The molecule has 0 unspecified atom stereocenters. The molecule has 1 aromatic carbocycles. The van der Waals surface area contributed by atoms with Crippen LogP contribution in [0.4, 0.5) is 0 Å². The quantitative estimate of drug-likeness (QED) is 0.115. The van der Waals surface area contributed by atoms with Gasteiger partial charge in [0.05, 0.1) is 6.61 Å². The second-order valence-electron chi connectivity index (χ2n) is 8.14. The van der Waals surface area contributed by atoms with Crippen molar-refractivity contribution in [2.45, 2.75) is 96.8 Å². The first-order valence-electron chi connectivity index (χ1n) is 11.9. The molecule has 0 saturated carbocycles. The molecule has 0 saturated heterocycles. The summed E-state index contributed by atoms with van der Waals surface area (Å²) < 4.78 is 5.74. The van der Waals surface area contributed by atoms with E-state index in [-0.39, 0.29) is 11.1 Å². The van der Waals surface area contributed by atoms with Crippen LogP contribution >= 0.6 is 0 Å². The molecule has 176 valence electrons. The van der Waals surface area contributed by atoms with Crippen molar-refractivity contribution in [2.75, 3.05) is 6.61 Å². The monoisotopic (exact) mass is 434 g/mol. The highest BCUT2D eigenvalue weighted by Gasteiger charge is 2.12. The maximum Gasteiger partial charge on any atom is 0.265 e. The molecule has 0 bridgehead atoms. The molecule has 7 nitrogen and oxygen atoms in total. The number of ether oxygens (including phenoxy) is 1. The van der Waals surface area contributed by atoms with E-state index in [0.29, 0.717) is 12.4 Å². The molecule has 0 aliphatic heterocycles. The molecular weight excluding hydrogens is 392 g/mol. The summed E-state index contributed by atoms with van der Waals surface area (Å²) in [4.78, 5) is 23.6. The second-order valence-corrected chi connectivity index (χ2v) is 8.14. The largest absolute Gasteiger partial charge is 0.494 e. The Labute approximate surface area is 187 Å². The highest BCUT2D eigenvalue weighted by Crippen LogP contribution is 2.19. The van der Waals surface area contributed by atoms with E-state index in [9.17, 15) is 9.59 Å². The lowest BCUT2D eigenvalue weighted by molar-refractivity contribution is 0.0953. The molecule has 0 aromatic heterocycles. The molecule has 2 amide bonds. The highest BCUT2D eigenvalue weighted by atomic mass is 16.5. The van der Waals surface area contributed by atoms with E-state index in [2.05, 4.69) is 17.8 Å². The lowest BCUT2D eigenvalue weighted by Gasteiger charge is -2.10. The normalized spacial score (nSPS) is 10.7. The molecule has 6 N–H and O–H groups in total. The molecule has 1 aromatic rings. The standard InChI is InChI=1S/C24H42N4O3/c1-2-3-4-5-6-7-8-9-10-11-12-13-14-15-16-31-22-18-20(23(29)27-25)17-21(19-22)24(30)28-26/h17-19H,2-16,25-26H2,1H3,(H,27,29)(H,28,30). The molecule has 0 atom stereocenters. The van der Waals surface area contributed by atoms with E-state index in [1.54, 1.807) is 12.1 Å². The Morgan fingerprint density at radius 3 is 1.45 bits per heavy atom. The predicted octanol–water partition coefficient (Wildman–Crippen LogP) is 4.75. The van der Waals surface area contributed by atoms with Crippen molar-refractivity contribution in [1.82, 2.24) is 10.9 Å². The number of hydrazine groups is 2. The van der Waals surface area contributed by atoms with Crippen LogP contribution in [0, 0.1) is 0 Å². The van der Waals surface area contributed by atoms with Crippen molar-refractivity contribution in [2.24, 2.45) is 11.7 Å². The first kappa shape index (κ1) is 26.9. The highest BCUT2D eigenvalue weighted by molar-refractivity contribution is 5.99. The summed E-state index contributed by atoms with van der Waals surface area (Å²) in [6, 6.07) is 4.56. The van der Waals surface area contributed by atoms with Crippen LogP contribution in [0.1, 0.15) is 118 Å². The fourth-order valence-corrected chi connectivity index (χ4v) is 3.60. The van der Waals surface area contributed by atoms with Crippen molar-refractivity contribution in [3.63, 3.8) is 0 Å². The first-order chi connectivity index (χ1) is 15.1. The van der Waals surface area contributed by atoms with Gasteiger partial charge in [-0.25, -0.2) is 11.7 Å². The maximum absolute atomic E-state index is 11.8. The predicted molar refractivity (Wildman–Crippen MR) is 126 cm³/mol. The summed E-state index contributed by atoms with van der Waals surface area (Å²) in [7, 11) is 0. The van der Waals surface area contributed by atoms with Crippen LogP contribution in [0.15, 0.2) is 18.2 Å². The van der Waals surface area contributed by atoms with Gasteiger partial charge in [0.2, 0.25) is 0 Å². The average Bonchev–Trinajstić information content (AvgIpc) is 2.80. The summed E-state index contributed by atoms with van der Waals surface area (Å²) >= 11 is 0. The number of benzene rings is 1. The minimum absolute atomic E-state index is 0.250. The van der Waals surface area contributed by atoms with Crippen molar-refractivity contribution in [1.29, 1.82) is 0 Å². The van der Waals surface area contributed by atoms with Crippen molar-refractivity contribution >= 4 is 11.8 Å². The van der Waals surface area contributed by atoms with Crippen LogP contribution in [0.5, 0.6) is 5.75 Å². The third-order valence-electron chi connectivity index (χ3n) is 5.46. The third kappa shape index (κ3) is 12.4. The Bertz CT molecular complexity index is 603. The zero-order chi connectivity index (χ0) is 22.7. The van der Waals surface area contributed by atoms with Gasteiger partial charge in [0.1, 0.15) is 5.75 Å². The van der Waals surface area contributed by atoms with Crippen LogP contribution in [0.25, 0.3) is 0 Å². The molecule has 0 heterocycles. The van der Waals surface area contributed by atoms with E-state index < -0.39 is 11.8 Å². The molecule has 7 heteroatoms. The van der Waals surface area contributed by atoms with Crippen LogP contribution < -0.4 is 27.3 Å². The van der Waals surface area contributed by atoms with Gasteiger partial charge in [0.25, 0.3) is 11.8 Å². The number of nitrogen functional groups attached to an aromatic ring is 2. The molecule has 0 aliphatic rings. The number of amides is 2. The van der Waals surface area contributed by atoms with E-state index in [4.69, 9.17) is 16.4 Å². The van der Waals surface area contributed by atoms with Crippen LogP contribution in [-0.2, 0) is 0 Å². The van der Waals surface area contributed by atoms with Gasteiger partial charge in [-0.1, -0.05) is 90.4 Å². The summed E-state index contributed by atoms with van der Waals surface area (Å²) in [5.74, 6) is 9.83. The lowest BCUT2D eigenvalue weighted by Crippen LogP contribution is -2.32. The summed E-state index contributed by atoms with van der Waals surface area (Å²) in [5, 5.41) is 0. The van der Waals surface area contributed by atoms with Gasteiger partial charge in [-0.3, -0.25) is 20.4 Å². The van der Waals surface area contributed by atoms with Crippen molar-refractivity contribution in [3.8, 4) is 5.75 Å². The number of unbranched alkanes of at least 4 members (excludes halogenated alkanes) is 13. The van der Waals surface area contributed by atoms with E-state index in [1.807, 2.05) is 0 Å². The molecule has 31 heavy (non-hydrogen) atoms. The van der Waals surface area contributed by atoms with E-state index >= 15 is 0 Å². The van der Waals surface area contributed by atoms with Gasteiger partial charge < -0.3 is 4.74 Å². The zero-order valence-corrected chi connectivity index (χ0v) is 19.2. The molecular formula is C24H42N4O3. The minimum atomic E-state index is -0.493. The Morgan fingerprint density at radius 2 is 1.06 bits per heavy atom. The molecule has 0 aliphatic carbocycles. The van der Waals surface area contributed by atoms with Crippen molar-refractivity contribution < 1.29 is 14.3 Å². The Hall–Kier alpha value is -2.12. The third-order valence-corrected chi connectivity index (χ3v) is 5.46. The summed E-state index contributed by atoms with van der Waals surface area (Å²) in [5.41, 5.74) is 4.61. The van der Waals surface area contributed by atoms with Crippen LogP contribution in [0.2, 0.25) is 0 Å². The summed E-state index contributed by atoms with van der Waals surface area (Å²) in [6.07, 6.45) is 18.2. The Balaban J connectivity index is 2.13. The second kappa shape index (κ2) is 17.5. The molecule has 0 radical (unpaired) electrons. The molecule has 0 fully saturated rings. The Morgan fingerprint density at radius 1 is 0.677 bits per heavy atom. The SMILES string of the molecule is CCCCCCCCCCCCCCCCOc1cc(C(=O)NN)cc(C(=O)NN)c1. The van der Waals surface area contributed by atoms with Gasteiger partial charge in [0.15, 0.2) is 0 Å². The number of rotatable bonds is 18. The number of nitrogens with one attached hydrogen (secondary N) is 2. The number of carbonyl (C=O) groups is 2. The number of carbonyl (C=O) groups excluding carboxylic acids is 2. The number of nitrogens with two attached hydrogens (primary N) is 2. The Kier molecular flexibility index (Phi) is 15.2. The van der Waals surface area contributed by atoms with Gasteiger partial charge in [-0.15, -0.1) is 0 Å². The fourth-order valence-electron chi connectivity index (χ4n) is 3.60. The van der Waals surface area contributed by atoms with Gasteiger partial charge >= 0.3 is 0 Å². The fraction of sp³-hybridized carbons (Fsp3) is 0.667. The van der Waals surface area contributed by atoms with E-state index in [0.717, 1.165) is 12.8 Å². The zero-order valence-electron chi connectivity index (χ0n) is 19.2. The van der Waals surface area contributed by atoms with Gasteiger partial charge in [0, 0.05) is 11.1 Å². The van der Waals surface area contributed by atoms with Crippen LogP contribution in [0.3, 0.4) is 0 Å². The minimum Gasteiger partial charge on any atom is -0.494 e.